The fourth-order valence-electron chi connectivity index (χ4n) is 3.37. The van der Waals surface area contributed by atoms with Gasteiger partial charge in [0.05, 0.1) is 10.1 Å². The van der Waals surface area contributed by atoms with Gasteiger partial charge in [-0.1, -0.05) is 18.2 Å². The molecular weight excluding hydrogens is 384 g/mol. The van der Waals surface area contributed by atoms with Crippen LogP contribution >= 0.6 is 34.9 Å². The van der Waals surface area contributed by atoms with Crippen molar-refractivity contribution in [3.05, 3.63) is 35.2 Å². The summed E-state index contributed by atoms with van der Waals surface area (Å²) in [5, 5.41) is 7.45. The van der Waals surface area contributed by atoms with E-state index in [4.69, 9.17) is 0 Å². The Morgan fingerprint density at radius 1 is 1.15 bits per heavy atom. The molecule has 0 spiro atoms. The fraction of sp³-hybridized carbons (Fsp3) is 0.474. The van der Waals surface area contributed by atoms with E-state index in [0.717, 1.165) is 51.6 Å². The number of nitrogens with one attached hydrogen (secondary N) is 2. The highest BCUT2D eigenvalue weighted by Crippen LogP contribution is 2.29. The number of rotatable bonds is 5. The van der Waals surface area contributed by atoms with E-state index in [-0.39, 0.29) is 23.1 Å². The number of hydrogen-bond donors (Lipinski definition) is 2. The first-order valence-corrected chi connectivity index (χ1v) is 12.0. The summed E-state index contributed by atoms with van der Waals surface area (Å²) in [6.07, 6.45) is 1.90. The summed E-state index contributed by atoms with van der Waals surface area (Å²) in [6, 6.07) is 10.3. The number of carbonyl (C=O) groups excluding carboxylic acids is 2. The zero-order valence-electron chi connectivity index (χ0n) is 14.4. The van der Waals surface area contributed by atoms with Crippen molar-refractivity contribution in [3.8, 4) is 0 Å². The van der Waals surface area contributed by atoms with Crippen LogP contribution in [0.1, 0.15) is 22.5 Å². The summed E-state index contributed by atoms with van der Waals surface area (Å²) in [4.78, 5) is 25.4. The third-order valence-corrected chi connectivity index (χ3v) is 8.76. The van der Waals surface area contributed by atoms with Crippen LogP contribution in [0.15, 0.2) is 30.3 Å². The molecule has 2 aliphatic rings. The van der Waals surface area contributed by atoms with Gasteiger partial charge in [-0.25, -0.2) is 0 Å². The topological polar surface area (TPSA) is 58.2 Å². The van der Waals surface area contributed by atoms with E-state index in [0.29, 0.717) is 5.92 Å². The van der Waals surface area contributed by atoms with Crippen LogP contribution in [0.5, 0.6) is 0 Å². The Balaban J connectivity index is 1.20. The highest BCUT2D eigenvalue weighted by Gasteiger charge is 2.32. The van der Waals surface area contributed by atoms with E-state index in [1.807, 2.05) is 42.1 Å². The zero-order chi connectivity index (χ0) is 17.9. The van der Waals surface area contributed by atoms with Gasteiger partial charge < -0.3 is 10.6 Å². The highest BCUT2D eigenvalue weighted by atomic mass is 32.2. The predicted molar refractivity (Wildman–Crippen MR) is 112 cm³/mol. The number of carbonyl (C=O) groups is 2. The Kier molecular flexibility index (Phi) is 5.76. The fourth-order valence-corrected chi connectivity index (χ4v) is 6.92. The molecule has 4 nitrogen and oxygen atoms in total. The van der Waals surface area contributed by atoms with Crippen molar-refractivity contribution < 1.29 is 9.59 Å². The third-order valence-electron chi connectivity index (χ3n) is 4.89. The van der Waals surface area contributed by atoms with Crippen molar-refractivity contribution in [2.24, 2.45) is 5.92 Å². The molecule has 1 aromatic heterocycles. The van der Waals surface area contributed by atoms with Crippen molar-refractivity contribution in [2.75, 3.05) is 23.8 Å². The molecule has 7 heteroatoms. The van der Waals surface area contributed by atoms with Crippen LogP contribution in [0.4, 0.5) is 0 Å². The van der Waals surface area contributed by atoms with Crippen LogP contribution in [0.25, 0.3) is 10.1 Å². The summed E-state index contributed by atoms with van der Waals surface area (Å²) in [5.41, 5.74) is 0. The number of benzene rings is 1. The second kappa shape index (κ2) is 8.23. The molecule has 2 N–H and O–H groups in total. The van der Waals surface area contributed by atoms with Crippen molar-refractivity contribution in [2.45, 2.75) is 24.1 Å². The molecule has 2 fully saturated rings. The number of amides is 2. The van der Waals surface area contributed by atoms with E-state index in [9.17, 15) is 9.59 Å². The van der Waals surface area contributed by atoms with Gasteiger partial charge in [0.25, 0.3) is 5.91 Å². The first-order chi connectivity index (χ1) is 12.7. The molecule has 1 aliphatic heterocycles. The zero-order valence-corrected chi connectivity index (χ0v) is 16.9. The van der Waals surface area contributed by atoms with Crippen molar-refractivity contribution in [3.63, 3.8) is 0 Å². The molecule has 1 aromatic carbocycles. The minimum Gasteiger partial charge on any atom is -0.355 e. The second-order valence-electron chi connectivity index (χ2n) is 6.84. The lowest BCUT2D eigenvalue weighted by Gasteiger charge is -2.36. The minimum absolute atomic E-state index is 0.0225. The van der Waals surface area contributed by atoms with Crippen LogP contribution in [0.2, 0.25) is 0 Å². The van der Waals surface area contributed by atoms with Crippen molar-refractivity contribution in [1.29, 1.82) is 0 Å². The molecule has 0 radical (unpaired) electrons. The van der Waals surface area contributed by atoms with Gasteiger partial charge in [-0.15, -0.1) is 23.1 Å². The maximum absolute atomic E-state index is 12.4. The van der Waals surface area contributed by atoms with Crippen LogP contribution in [0, 0.1) is 5.92 Å². The molecule has 2 amide bonds. The molecule has 4 rings (SSSR count). The monoisotopic (exact) mass is 406 g/mol. The lowest BCUT2D eigenvalue weighted by Crippen LogP contribution is -2.48. The maximum atomic E-state index is 12.4. The Morgan fingerprint density at radius 2 is 2.00 bits per heavy atom. The van der Waals surface area contributed by atoms with Gasteiger partial charge in [-0.2, -0.15) is 11.8 Å². The van der Waals surface area contributed by atoms with E-state index in [1.165, 1.54) is 11.3 Å². The van der Waals surface area contributed by atoms with Gasteiger partial charge in [0, 0.05) is 34.5 Å². The highest BCUT2D eigenvalue weighted by molar-refractivity contribution is 8.07. The Labute approximate surface area is 165 Å². The van der Waals surface area contributed by atoms with E-state index in [2.05, 4.69) is 10.6 Å². The predicted octanol–water partition coefficient (Wildman–Crippen LogP) is 3.37. The molecule has 2 heterocycles. The summed E-state index contributed by atoms with van der Waals surface area (Å²) in [5.74, 6) is 3.83. The van der Waals surface area contributed by atoms with Crippen LogP contribution in [-0.2, 0) is 4.79 Å². The Morgan fingerprint density at radius 3 is 2.77 bits per heavy atom. The average molecular weight is 407 g/mol. The lowest BCUT2D eigenvalue weighted by molar-refractivity contribution is -0.120. The van der Waals surface area contributed by atoms with Gasteiger partial charge in [-0.3, -0.25) is 9.59 Å². The van der Waals surface area contributed by atoms with E-state index >= 15 is 0 Å². The van der Waals surface area contributed by atoms with Crippen molar-refractivity contribution in [1.82, 2.24) is 10.6 Å². The molecular formula is C19H22N2O2S3. The number of hydrogen-bond acceptors (Lipinski definition) is 5. The summed E-state index contributed by atoms with van der Waals surface area (Å²) >= 11 is 5.17. The Bertz CT molecular complexity index is 762. The van der Waals surface area contributed by atoms with E-state index < -0.39 is 0 Å². The van der Waals surface area contributed by atoms with Gasteiger partial charge in [0.1, 0.15) is 0 Å². The molecule has 1 unspecified atom stereocenters. The largest absolute Gasteiger partial charge is 0.355 e. The smallest absolute Gasteiger partial charge is 0.261 e. The maximum Gasteiger partial charge on any atom is 0.261 e. The van der Waals surface area contributed by atoms with Crippen molar-refractivity contribution >= 4 is 56.8 Å². The molecule has 1 saturated heterocycles. The van der Waals surface area contributed by atoms with Gasteiger partial charge in [0.15, 0.2) is 0 Å². The molecule has 1 aliphatic carbocycles. The summed E-state index contributed by atoms with van der Waals surface area (Å²) < 4.78 is 1.14. The number of thioether (sulfide) groups is 2. The third kappa shape index (κ3) is 4.21. The SMILES string of the molecule is O=C(NC1CC(CNC(=O)C2CSCCS2)C1)c1cc2ccccc2s1. The molecule has 2 aromatic rings. The molecule has 138 valence electrons. The van der Waals surface area contributed by atoms with Gasteiger partial charge in [0.2, 0.25) is 5.91 Å². The Hall–Kier alpha value is -1.18. The second-order valence-corrected chi connectivity index (χ2v) is 10.4. The van der Waals surface area contributed by atoms with E-state index in [1.54, 1.807) is 11.8 Å². The van der Waals surface area contributed by atoms with Gasteiger partial charge in [-0.05, 0) is 36.3 Å². The lowest BCUT2D eigenvalue weighted by atomic mass is 9.80. The number of fused-ring (bicyclic) bond motifs is 1. The molecule has 0 bridgehead atoms. The first-order valence-electron chi connectivity index (χ1n) is 8.95. The molecule has 1 saturated carbocycles. The summed E-state index contributed by atoms with van der Waals surface area (Å²) in [6.45, 7) is 0.732. The summed E-state index contributed by atoms with van der Waals surface area (Å²) in [7, 11) is 0. The quantitative estimate of drug-likeness (QED) is 0.799. The average Bonchev–Trinajstić information content (AvgIpc) is 3.08. The standard InChI is InChI=1S/C19H22N2O2S3/c22-18(17-11-24-5-6-25-17)20-10-12-7-14(8-12)21-19(23)16-9-13-3-1-2-4-15(13)26-16/h1-4,9,12,14,17H,5-8,10-11H2,(H,20,22)(H,21,23). The molecule has 26 heavy (non-hydrogen) atoms. The number of thiophene rings is 1. The van der Waals surface area contributed by atoms with Crippen LogP contribution < -0.4 is 10.6 Å². The normalized spacial score (nSPS) is 25.5. The van der Waals surface area contributed by atoms with Gasteiger partial charge >= 0.3 is 0 Å². The molecule has 1 atom stereocenters. The first kappa shape index (κ1) is 18.2. The minimum atomic E-state index is 0.0225. The van der Waals surface area contributed by atoms with Crippen LogP contribution in [0.3, 0.4) is 0 Å². The van der Waals surface area contributed by atoms with Crippen LogP contribution in [-0.4, -0.2) is 46.9 Å².